The Morgan fingerprint density at radius 1 is 1.53 bits per heavy atom. The number of hydrogen-bond acceptors (Lipinski definition) is 4. The number of carbonyl (C=O) groups is 1. The summed E-state index contributed by atoms with van der Waals surface area (Å²) in [5.41, 5.74) is 0.0679. The highest BCUT2D eigenvalue weighted by Gasteiger charge is 2.08. The Kier molecular flexibility index (Phi) is 3.43. The summed E-state index contributed by atoms with van der Waals surface area (Å²) in [5, 5.41) is 3.45. The van der Waals surface area contributed by atoms with Gasteiger partial charge in [-0.2, -0.15) is 4.39 Å². The number of aromatic nitrogens is 2. The van der Waals surface area contributed by atoms with Crippen LogP contribution in [-0.2, 0) is 6.54 Å². The second-order valence-electron chi connectivity index (χ2n) is 3.39. The standard InChI is InChI=1S/C11H10FN3OS/c1-7-5-13-10(17-7)6-14-11(16)8-3-2-4-9(12)15-8/h2-5H,6H2,1H3,(H,14,16). The molecule has 0 bridgehead atoms. The summed E-state index contributed by atoms with van der Waals surface area (Å²) in [6.07, 6.45) is 1.74. The maximum absolute atomic E-state index is 12.8. The molecule has 0 spiro atoms. The lowest BCUT2D eigenvalue weighted by molar-refractivity contribution is 0.0944. The monoisotopic (exact) mass is 251 g/mol. The van der Waals surface area contributed by atoms with Crippen LogP contribution in [0.2, 0.25) is 0 Å². The Labute approximate surface area is 102 Å². The highest BCUT2D eigenvalue weighted by molar-refractivity contribution is 7.11. The van der Waals surface area contributed by atoms with Gasteiger partial charge in [-0.15, -0.1) is 11.3 Å². The largest absolute Gasteiger partial charge is 0.344 e. The van der Waals surface area contributed by atoms with Crippen molar-refractivity contribution in [2.75, 3.05) is 0 Å². The molecule has 88 valence electrons. The fourth-order valence-corrected chi connectivity index (χ4v) is 1.99. The smallest absolute Gasteiger partial charge is 0.270 e. The van der Waals surface area contributed by atoms with E-state index in [1.807, 2.05) is 6.92 Å². The summed E-state index contributed by atoms with van der Waals surface area (Å²) in [5.74, 6) is -1.07. The van der Waals surface area contributed by atoms with Crippen LogP contribution < -0.4 is 5.32 Å². The summed E-state index contributed by atoms with van der Waals surface area (Å²) < 4.78 is 12.8. The molecule has 4 nitrogen and oxygen atoms in total. The number of thiazole rings is 1. The molecular formula is C11H10FN3OS. The fourth-order valence-electron chi connectivity index (χ4n) is 1.26. The molecule has 0 aromatic carbocycles. The van der Waals surface area contributed by atoms with Crippen LogP contribution in [-0.4, -0.2) is 15.9 Å². The molecule has 1 N–H and O–H groups in total. The molecule has 2 heterocycles. The Hall–Kier alpha value is -1.82. The van der Waals surface area contributed by atoms with Gasteiger partial charge in [0.05, 0.1) is 6.54 Å². The van der Waals surface area contributed by atoms with Gasteiger partial charge >= 0.3 is 0 Å². The Morgan fingerprint density at radius 2 is 2.35 bits per heavy atom. The van der Waals surface area contributed by atoms with E-state index >= 15 is 0 Å². The van der Waals surface area contributed by atoms with E-state index in [4.69, 9.17) is 0 Å². The maximum Gasteiger partial charge on any atom is 0.270 e. The number of halogens is 1. The predicted octanol–water partition coefficient (Wildman–Crippen LogP) is 1.92. The lowest BCUT2D eigenvalue weighted by Crippen LogP contribution is -2.23. The molecule has 0 aliphatic carbocycles. The van der Waals surface area contributed by atoms with Crippen LogP contribution in [0.5, 0.6) is 0 Å². The number of nitrogens with zero attached hydrogens (tertiary/aromatic N) is 2. The minimum absolute atomic E-state index is 0.0679. The van der Waals surface area contributed by atoms with E-state index in [2.05, 4.69) is 15.3 Å². The van der Waals surface area contributed by atoms with Gasteiger partial charge in [0.1, 0.15) is 10.7 Å². The zero-order valence-corrected chi connectivity index (χ0v) is 9.92. The third kappa shape index (κ3) is 3.07. The van der Waals surface area contributed by atoms with E-state index in [1.54, 1.807) is 6.20 Å². The van der Waals surface area contributed by atoms with Gasteiger partial charge in [-0.25, -0.2) is 9.97 Å². The molecule has 1 amide bonds. The Morgan fingerprint density at radius 3 is 3.00 bits per heavy atom. The molecule has 17 heavy (non-hydrogen) atoms. The van der Waals surface area contributed by atoms with Gasteiger partial charge in [0.25, 0.3) is 5.91 Å². The molecule has 0 saturated heterocycles. The van der Waals surface area contributed by atoms with Crippen LogP contribution in [0.3, 0.4) is 0 Å². The second-order valence-corrected chi connectivity index (χ2v) is 4.71. The lowest BCUT2D eigenvalue weighted by Gasteiger charge is -2.01. The first kappa shape index (κ1) is 11.7. The average Bonchev–Trinajstić information content (AvgIpc) is 2.72. The predicted molar refractivity (Wildman–Crippen MR) is 62.2 cm³/mol. The quantitative estimate of drug-likeness (QED) is 0.848. The van der Waals surface area contributed by atoms with Crippen molar-refractivity contribution in [3.63, 3.8) is 0 Å². The van der Waals surface area contributed by atoms with E-state index in [-0.39, 0.29) is 5.69 Å². The first-order valence-electron chi connectivity index (χ1n) is 4.97. The molecule has 0 aliphatic heterocycles. The summed E-state index contributed by atoms with van der Waals surface area (Å²) in [4.78, 5) is 20.3. The SMILES string of the molecule is Cc1cnc(CNC(=O)c2cccc(F)n2)s1. The normalized spacial score (nSPS) is 10.2. The van der Waals surface area contributed by atoms with E-state index in [0.717, 1.165) is 9.88 Å². The van der Waals surface area contributed by atoms with E-state index in [9.17, 15) is 9.18 Å². The highest BCUT2D eigenvalue weighted by Crippen LogP contribution is 2.10. The Bertz CT molecular complexity index is 541. The Balaban J connectivity index is 1.98. The van der Waals surface area contributed by atoms with Crippen molar-refractivity contribution in [2.24, 2.45) is 0 Å². The number of nitrogens with one attached hydrogen (secondary N) is 1. The van der Waals surface area contributed by atoms with Crippen molar-refractivity contribution in [2.45, 2.75) is 13.5 Å². The van der Waals surface area contributed by atoms with Gasteiger partial charge in [0.2, 0.25) is 5.95 Å². The number of rotatable bonds is 3. The summed E-state index contributed by atoms with van der Waals surface area (Å²) in [6.45, 7) is 2.27. The fraction of sp³-hybridized carbons (Fsp3) is 0.182. The maximum atomic E-state index is 12.8. The highest BCUT2D eigenvalue weighted by atomic mass is 32.1. The molecular weight excluding hydrogens is 241 g/mol. The molecule has 0 atom stereocenters. The van der Waals surface area contributed by atoms with Crippen LogP contribution in [0, 0.1) is 12.9 Å². The van der Waals surface area contributed by atoms with Crippen LogP contribution in [0.25, 0.3) is 0 Å². The van der Waals surface area contributed by atoms with E-state index < -0.39 is 11.9 Å². The minimum atomic E-state index is -0.664. The number of hydrogen-bond donors (Lipinski definition) is 1. The van der Waals surface area contributed by atoms with Crippen LogP contribution in [0.1, 0.15) is 20.4 Å². The molecule has 0 fully saturated rings. The van der Waals surface area contributed by atoms with Gasteiger partial charge in [0, 0.05) is 11.1 Å². The second kappa shape index (κ2) is 5.01. The summed E-state index contributed by atoms with van der Waals surface area (Å²) in [6, 6.07) is 4.11. The number of amides is 1. The van der Waals surface area contributed by atoms with Crippen LogP contribution >= 0.6 is 11.3 Å². The third-order valence-electron chi connectivity index (χ3n) is 2.02. The lowest BCUT2D eigenvalue weighted by atomic mass is 10.3. The number of pyridine rings is 1. The number of aryl methyl sites for hydroxylation is 1. The van der Waals surface area contributed by atoms with Crippen molar-refractivity contribution in [3.05, 3.63) is 45.9 Å². The first-order chi connectivity index (χ1) is 8.15. The molecule has 6 heteroatoms. The van der Waals surface area contributed by atoms with Gasteiger partial charge in [-0.1, -0.05) is 6.07 Å². The van der Waals surface area contributed by atoms with Crippen LogP contribution in [0.15, 0.2) is 24.4 Å². The van der Waals surface area contributed by atoms with E-state index in [0.29, 0.717) is 6.54 Å². The first-order valence-corrected chi connectivity index (χ1v) is 5.79. The number of carbonyl (C=O) groups excluding carboxylic acids is 1. The van der Waals surface area contributed by atoms with Gasteiger partial charge in [-0.05, 0) is 19.1 Å². The summed E-state index contributed by atoms with van der Waals surface area (Å²) in [7, 11) is 0. The minimum Gasteiger partial charge on any atom is -0.344 e. The molecule has 0 saturated carbocycles. The van der Waals surface area contributed by atoms with Crippen molar-refractivity contribution in [1.29, 1.82) is 0 Å². The molecule has 2 rings (SSSR count). The summed E-state index contributed by atoms with van der Waals surface area (Å²) >= 11 is 1.51. The van der Waals surface area contributed by atoms with Crippen molar-refractivity contribution in [1.82, 2.24) is 15.3 Å². The van der Waals surface area contributed by atoms with Crippen molar-refractivity contribution < 1.29 is 9.18 Å². The molecule has 2 aromatic rings. The molecule has 0 radical (unpaired) electrons. The van der Waals surface area contributed by atoms with Crippen molar-refractivity contribution in [3.8, 4) is 0 Å². The molecule has 2 aromatic heterocycles. The van der Waals surface area contributed by atoms with Gasteiger partial charge in [-0.3, -0.25) is 4.79 Å². The zero-order valence-electron chi connectivity index (χ0n) is 9.11. The van der Waals surface area contributed by atoms with Gasteiger partial charge in [0.15, 0.2) is 0 Å². The van der Waals surface area contributed by atoms with Gasteiger partial charge < -0.3 is 5.32 Å². The van der Waals surface area contributed by atoms with E-state index in [1.165, 1.54) is 29.5 Å². The van der Waals surface area contributed by atoms with Crippen LogP contribution in [0.4, 0.5) is 4.39 Å². The molecule has 0 aliphatic rings. The topological polar surface area (TPSA) is 54.9 Å². The zero-order chi connectivity index (χ0) is 12.3. The average molecular weight is 251 g/mol. The van der Waals surface area contributed by atoms with Crippen molar-refractivity contribution >= 4 is 17.2 Å². The third-order valence-corrected chi connectivity index (χ3v) is 2.93. The molecule has 0 unspecified atom stereocenters.